The number of pyridine rings is 1. The average molecular weight is 500 g/mol. The molecule has 5 rings (SSSR count). The van der Waals surface area contributed by atoms with E-state index in [1.165, 1.54) is 23.3 Å². The number of anilines is 1. The van der Waals surface area contributed by atoms with Crippen molar-refractivity contribution in [3.05, 3.63) is 89.3 Å². The number of hydrogen-bond acceptors (Lipinski definition) is 9. The molecule has 1 atom stereocenters. The first kappa shape index (κ1) is 22.9. The summed E-state index contributed by atoms with van der Waals surface area (Å²) in [7, 11) is 0. The second-order valence-corrected chi connectivity index (χ2v) is 9.53. The minimum absolute atomic E-state index is 0.0328. The summed E-state index contributed by atoms with van der Waals surface area (Å²) in [4.78, 5) is 15.3. The standard InChI is InChI=1S/C26H21N5O2S2/c1-16-25(17(2)33-30-16)21-13-22(18-6-4-3-5-7-18)29-15-24(21)32-23-9-8-20(12-19(23)14-27)35-31-26-28-10-11-34-26/h3-13,15-16,30H,1-2H3,(H,28,31). The highest BCUT2D eigenvalue weighted by molar-refractivity contribution is 8.00. The quantitative estimate of drug-likeness (QED) is 0.273. The molecule has 0 bridgehead atoms. The van der Waals surface area contributed by atoms with Crippen molar-refractivity contribution in [1.29, 1.82) is 5.26 Å². The molecular formula is C26H21N5O2S2. The van der Waals surface area contributed by atoms with Crippen LogP contribution in [-0.2, 0) is 4.84 Å². The van der Waals surface area contributed by atoms with Crippen LogP contribution in [0.1, 0.15) is 25.0 Å². The topological polar surface area (TPSA) is 92.1 Å². The third-order valence-corrected chi connectivity index (χ3v) is 7.01. The first-order valence-corrected chi connectivity index (χ1v) is 12.6. The molecule has 0 amide bonds. The summed E-state index contributed by atoms with van der Waals surface area (Å²) in [5, 5.41) is 12.5. The molecule has 1 aliphatic rings. The fourth-order valence-electron chi connectivity index (χ4n) is 3.76. The number of aromatic nitrogens is 2. The Balaban J connectivity index is 1.48. The SMILES string of the molecule is CC1=C(c2cc(-c3ccccc3)ncc2Oc2ccc(SNc3nccs3)cc2C#N)C(C)NO1. The van der Waals surface area contributed by atoms with Gasteiger partial charge in [-0.1, -0.05) is 30.3 Å². The van der Waals surface area contributed by atoms with Crippen molar-refractivity contribution in [2.45, 2.75) is 24.8 Å². The summed E-state index contributed by atoms with van der Waals surface area (Å²) in [5.41, 5.74) is 7.11. The number of allylic oxidation sites excluding steroid dienone is 1. The number of ether oxygens (including phenoxy) is 1. The third-order valence-electron chi connectivity index (χ3n) is 5.41. The predicted molar refractivity (Wildman–Crippen MR) is 139 cm³/mol. The molecule has 7 nitrogen and oxygen atoms in total. The highest BCUT2D eigenvalue weighted by Gasteiger charge is 2.26. The summed E-state index contributed by atoms with van der Waals surface area (Å²) < 4.78 is 9.47. The van der Waals surface area contributed by atoms with Gasteiger partial charge in [-0.2, -0.15) is 5.26 Å². The van der Waals surface area contributed by atoms with Crippen molar-refractivity contribution >= 4 is 34.0 Å². The number of hydroxylamine groups is 1. The van der Waals surface area contributed by atoms with Gasteiger partial charge in [0.25, 0.3) is 0 Å². The average Bonchev–Trinajstić information content (AvgIpc) is 3.53. The van der Waals surface area contributed by atoms with Gasteiger partial charge >= 0.3 is 0 Å². The van der Waals surface area contributed by atoms with Crippen LogP contribution in [0.15, 0.2) is 83.0 Å². The van der Waals surface area contributed by atoms with Gasteiger partial charge < -0.3 is 14.3 Å². The van der Waals surface area contributed by atoms with Crippen molar-refractivity contribution < 1.29 is 9.57 Å². The largest absolute Gasteiger partial charge is 0.454 e. The third kappa shape index (κ3) is 5.00. The lowest BCUT2D eigenvalue weighted by atomic mass is 9.97. The molecule has 3 heterocycles. The lowest BCUT2D eigenvalue weighted by Gasteiger charge is -2.16. The summed E-state index contributed by atoms with van der Waals surface area (Å²) in [6.07, 6.45) is 3.44. The Morgan fingerprint density at radius 1 is 1.14 bits per heavy atom. The monoisotopic (exact) mass is 499 g/mol. The van der Waals surface area contributed by atoms with Crippen LogP contribution in [0, 0.1) is 11.3 Å². The Hall–Kier alpha value is -3.84. The molecule has 35 heavy (non-hydrogen) atoms. The van der Waals surface area contributed by atoms with Gasteiger partial charge in [-0.3, -0.25) is 4.98 Å². The van der Waals surface area contributed by atoms with E-state index in [9.17, 15) is 5.26 Å². The maximum atomic E-state index is 9.81. The zero-order chi connectivity index (χ0) is 24.2. The molecule has 0 radical (unpaired) electrons. The van der Waals surface area contributed by atoms with Crippen LogP contribution in [-0.4, -0.2) is 16.0 Å². The van der Waals surface area contributed by atoms with E-state index in [2.05, 4.69) is 26.2 Å². The van der Waals surface area contributed by atoms with Gasteiger partial charge in [0.05, 0.1) is 23.5 Å². The Labute approximate surface area is 211 Å². The molecule has 1 unspecified atom stereocenters. The second-order valence-electron chi connectivity index (χ2n) is 7.76. The molecule has 0 saturated carbocycles. The molecule has 0 fully saturated rings. The number of nitriles is 1. The first-order chi connectivity index (χ1) is 17.1. The van der Waals surface area contributed by atoms with Crippen LogP contribution in [0.3, 0.4) is 0 Å². The van der Waals surface area contributed by atoms with Gasteiger partial charge in [0, 0.05) is 33.2 Å². The Morgan fingerprint density at radius 2 is 2.00 bits per heavy atom. The molecule has 0 aliphatic carbocycles. The lowest BCUT2D eigenvalue weighted by Crippen LogP contribution is -2.19. The van der Waals surface area contributed by atoms with Crippen molar-refractivity contribution in [3.63, 3.8) is 0 Å². The summed E-state index contributed by atoms with van der Waals surface area (Å²) in [6, 6.07) is 19.7. The normalized spacial score (nSPS) is 14.9. The lowest BCUT2D eigenvalue weighted by molar-refractivity contribution is 0.122. The number of nitrogens with one attached hydrogen (secondary N) is 2. The Morgan fingerprint density at radius 3 is 2.71 bits per heavy atom. The zero-order valence-corrected chi connectivity index (χ0v) is 20.6. The summed E-state index contributed by atoms with van der Waals surface area (Å²) >= 11 is 2.90. The molecule has 9 heteroatoms. The van der Waals surface area contributed by atoms with E-state index in [1.54, 1.807) is 24.5 Å². The van der Waals surface area contributed by atoms with Crippen LogP contribution in [0.25, 0.3) is 16.8 Å². The fourth-order valence-corrected chi connectivity index (χ4v) is 5.02. The van der Waals surface area contributed by atoms with E-state index >= 15 is 0 Å². The highest BCUT2D eigenvalue weighted by Crippen LogP contribution is 2.39. The van der Waals surface area contributed by atoms with Gasteiger partial charge in [0.15, 0.2) is 10.9 Å². The molecule has 0 spiro atoms. The van der Waals surface area contributed by atoms with E-state index in [4.69, 9.17) is 9.57 Å². The molecule has 2 aromatic carbocycles. The van der Waals surface area contributed by atoms with E-state index in [0.717, 1.165) is 38.2 Å². The number of benzene rings is 2. The van der Waals surface area contributed by atoms with Crippen molar-refractivity contribution in [3.8, 4) is 28.8 Å². The van der Waals surface area contributed by atoms with Gasteiger partial charge in [-0.15, -0.1) is 16.8 Å². The minimum atomic E-state index is -0.0328. The van der Waals surface area contributed by atoms with Crippen LogP contribution in [0.4, 0.5) is 5.13 Å². The molecule has 1 aliphatic heterocycles. The highest BCUT2D eigenvalue weighted by atomic mass is 32.2. The molecular weight excluding hydrogens is 478 g/mol. The van der Waals surface area contributed by atoms with Gasteiger partial charge in [0.1, 0.15) is 17.6 Å². The van der Waals surface area contributed by atoms with Crippen LogP contribution in [0.2, 0.25) is 0 Å². The minimum Gasteiger partial charge on any atom is -0.454 e. The smallest absolute Gasteiger partial charge is 0.192 e. The Bertz CT molecular complexity index is 1420. The number of rotatable bonds is 7. The number of thiazole rings is 1. The van der Waals surface area contributed by atoms with E-state index in [-0.39, 0.29) is 6.04 Å². The van der Waals surface area contributed by atoms with Crippen LogP contribution < -0.4 is 14.9 Å². The van der Waals surface area contributed by atoms with E-state index in [1.807, 2.05) is 61.7 Å². The zero-order valence-electron chi connectivity index (χ0n) is 19.0. The number of nitrogens with zero attached hydrogens (tertiary/aromatic N) is 3. The number of hydrogen-bond donors (Lipinski definition) is 2. The van der Waals surface area contributed by atoms with Crippen molar-refractivity contribution in [2.75, 3.05) is 4.72 Å². The van der Waals surface area contributed by atoms with Gasteiger partial charge in [0.2, 0.25) is 0 Å². The van der Waals surface area contributed by atoms with Gasteiger partial charge in [-0.25, -0.2) is 4.98 Å². The van der Waals surface area contributed by atoms with Crippen molar-refractivity contribution in [1.82, 2.24) is 15.4 Å². The maximum Gasteiger partial charge on any atom is 0.192 e. The first-order valence-electron chi connectivity index (χ1n) is 10.9. The summed E-state index contributed by atoms with van der Waals surface area (Å²) in [6.45, 7) is 3.95. The summed E-state index contributed by atoms with van der Waals surface area (Å²) in [5.74, 6) is 1.78. The molecule has 2 aromatic heterocycles. The van der Waals surface area contributed by atoms with E-state index in [0.29, 0.717) is 17.1 Å². The maximum absolute atomic E-state index is 9.81. The Kier molecular flexibility index (Phi) is 6.68. The second kappa shape index (κ2) is 10.2. The fraction of sp³-hybridized carbons (Fsp3) is 0.115. The van der Waals surface area contributed by atoms with Gasteiger partial charge in [-0.05, 0) is 50.1 Å². The molecule has 2 N–H and O–H groups in total. The van der Waals surface area contributed by atoms with E-state index < -0.39 is 0 Å². The molecule has 174 valence electrons. The molecule has 4 aromatic rings. The predicted octanol–water partition coefficient (Wildman–Crippen LogP) is 6.64. The van der Waals surface area contributed by atoms with Crippen LogP contribution >= 0.6 is 23.3 Å². The van der Waals surface area contributed by atoms with Crippen molar-refractivity contribution in [2.24, 2.45) is 0 Å². The molecule has 0 saturated heterocycles. The van der Waals surface area contributed by atoms with Crippen LogP contribution in [0.5, 0.6) is 11.5 Å².